The lowest BCUT2D eigenvalue weighted by molar-refractivity contribution is 0.242. The normalized spacial score (nSPS) is 17.8. The van der Waals surface area contributed by atoms with Crippen LogP contribution in [0.15, 0.2) is 85.3 Å². The van der Waals surface area contributed by atoms with Gasteiger partial charge in [-0.2, -0.15) is 0 Å². The molecule has 34 heavy (non-hydrogen) atoms. The van der Waals surface area contributed by atoms with Crippen LogP contribution in [0, 0.1) is 6.92 Å². The summed E-state index contributed by atoms with van der Waals surface area (Å²) in [6, 6.07) is 22.2. The highest BCUT2D eigenvalue weighted by molar-refractivity contribution is 7.80. The first-order chi connectivity index (χ1) is 16.5. The molecular formula is C27H27N5OS. The summed E-state index contributed by atoms with van der Waals surface area (Å²) in [4.78, 5) is 11.2. The number of aromatic nitrogens is 3. The van der Waals surface area contributed by atoms with Gasteiger partial charge in [0.15, 0.2) is 5.11 Å². The molecule has 0 unspecified atom stereocenters. The summed E-state index contributed by atoms with van der Waals surface area (Å²) in [6.45, 7) is 6.15. The average Bonchev–Trinajstić information content (AvgIpc) is 3.39. The molecule has 0 radical (unpaired) electrons. The third kappa shape index (κ3) is 4.15. The Morgan fingerprint density at radius 1 is 0.941 bits per heavy atom. The largest absolute Gasteiger partial charge is 0.491 e. The van der Waals surface area contributed by atoms with Gasteiger partial charge >= 0.3 is 0 Å². The number of thiocarbonyl (C=S) groups is 1. The van der Waals surface area contributed by atoms with E-state index in [1.165, 1.54) is 0 Å². The van der Waals surface area contributed by atoms with Crippen LogP contribution in [-0.2, 0) is 0 Å². The lowest BCUT2D eigenvalue weighted by Gasteiger charge is -2.29. The number of anilines is 1. The second-order valence-electron chi connectivity index (χ2n) is 8.60. The van der Waals surface area contributed by atoms with Crippen LogP contribution < -0.4 is 15.0 Å². The molecule has 1 aliphatic heterocycles. The van der Waals surface area contributed by atoms with Crippen molar-refractivity contribution in [2.45, 2.75) is 39.0 Å². The van der Waals surface area contributed by atoms with Gasteiger partial charge in [0, 0.05) is 29.5 Å². The van der Waals surface area contributed by atoms with Crippen LogP contribution in [0.2, 0.25) is 0 Å². The van der Waals surface area contributed by atoms with Crippen molar-refractivity contribution in [2.75, 3.05) is 4.90 Å². The van der Waals surface area contributed by atoms with Crippen LogP contribution in [0.3, 0.4) is 0 Å². The number of hydrogen-bond donors (Lipinski definition) is 1. The molecule has 3 aromatic heterocycles. The molecule has 1 aliphatic rings. The van der Waals surface area contributed by atoms with E-state index in [0.29, 0.717) is 5.11 Å². The number of ether oxygens (including phenoxy) is 1. The van der Waals surface area contributed by atoms with E-state index in [-0.39, 0.29) is 18.2 Å². The highest BCUT2D eigenvalue weighted by atomic mass is 32.1. The summed E-state index contributed by atoms with van der Waals surface area (Å²) in [5, 5.41) is 4.20. The van der Waals surface area contributed by atoms with Crippen molar-refractivity contribution in [1.82, 2.24) is 19.9 Å². The quantitative estimate of drug-likeness (QED) is 0.374. The Bertz CT molecular complexity index is 1270. The molecule has 1 N–H and O–H groups in total. The summed E-state index contributed by atoms with van der Waals surface area (Å²) in [5.74, 6) is 0.837. The molecular weight excluding hydrogens is 442 g/mol. The first-order valence-corrected chi connectivity index (χ1v) is 11.8. The summed E-state index contributed by atoms with van der Waals surface area (Å²) < 4.78 is 8.10. The molecule has 0 aliphatic carbocycles. The van der Waals surface area contributed by atoms with Gasteiger partial charge in [0.25, 0.3) is 0 Å². The van der Waals surface area contributed by atoms with Crippen LogP contribution in [-0.4, -0.2) is 25.8 Å². The Morgan fingerprint density at radius 2 is 1.76 bits per heavy atom. The predicted molar refractivity (Wildman–Crippen MR) is 138 cm³/mol. The molecule has 7 heteroatoms. The van der Waals surface area contributed by atoms with Crippen LogP contribution in [0.4, 0.5) is 5.69 Å². The molecule has 0 saturated carbocycles. The van der Waals surface area contributed by atoms with E-state index in [9.17, 15) is 0 Å². The summed E-state index contributed by atoms with van der Waals surface area (Å²) in [5.41, 5.74) is 5.18. The van der Waals surface area contributed by atoms with Crippen LogP contribution in [0.1, 0.15) is 43.0 Å². The topological polar surface area (TPSA) is 55.2 Å². The fourth-order valence-corrected chi connectivity index (χ4v) is 4.87. The van der Waals surface area contributed by atoms with E-state index in [1.807, 2.05) is 62.6 Å². The highest BCUT2D eigenvalue weighted by Gasteiger charge is 2.42. The molecule has 5 rings (SSSR count). The van der Waals surface area contributed by atoms with Gasteiger partial charge in [-0.25, -0.2) is 0 Å². The minimum Gasteiger partial charge on any atom is -0.491 e. The maximum absolute atomic E-state index is 5.88. The fourth-order valence-electron chi connectivity index (χ4n) is 4.52. The Labute approximate surface area is 205 Å². The molecule has 4 heterocycles. The van der Waals surface area contributed by atoms with Crippen LogP contribution in [0.25, 0.3) is 5.69 Å². The van der Waals surface area contributed by atoms with E-state index in [2.05, 4.69) is 62.0 Å². The van der Waals surface area contributed by atoms with Gasteiger partial charge < -0.3 is 19.5 Å². The first kappa shape index (κ1) is 22.1. The molecule has 1 fully saturated rings. The van der Waals surface area contributed by atoms with Gasteiger partial charge in [-0.05, 0) is 93.7 Å². The maximum atomic E-state index is 5.88. The third-order valence-electron chi connectivity index (χ3n) is 5.90. The first-order valence-electron chi connectivity index (χ1n) is 11.4. The van der Waals surface area contributed by atoms with Gasteiger partial charge in [-0.3, -0.25) is 9.97 Å². The minimum atomic E-state index is -0.120. The molecule has 0 spiro atoms. The summed E-state index contributed by atoms with van der Waals surface area (Å²) in [7, 11) is 0. The van der Waals surface area contributed by atoms with E-state index in [4.69, 9.17) is 17.0 Å². The van der Waals surface area contributed by atoms with Gasteiger partial charge in [-0.1, -0.05) is 6.07 Å². The zero-order valence-corrected chi connectivity index (χ0v) is 20.2. The molecule has 0 bridgehead atoms. The monoisotopic (exact) mass is 469 g/mol. The van der Waals surface area contributed by atoms with Crippen molar-refractivity contribution >= 4 is 23.0 Å². The van der Waals surface area contributed by atoms with Gasteiger partial charge in [0.2, 0.25) is 0 Å². The number of nitrogens with zero attached hydrogens (tertiary/aromatic N) is 4. The van der Waals surface area contributed by atoms with Crippen molar-refractivity contribution in [3.63, 3.8) is 0 Å². The number of benzene rings is 1. The zero-order chi connectivity index (χ0) is 23.7. The predicted octanol–water partition coefficient (Wildman–Crippen LogP) is 5.54. The Morgan fingerprint density at radius 3 is 2.44 bits per heavy atom. The van der Waals surface area contributed by atoms with Crippen molar-refractivity contribution in [1.29, 1.82) is 0 Å². The smallest absolute Gasteiger partial charge is 0.174 e. The maximum Gasteiger partial charge on any atom is 0.174 e. The van der Waals surface area contributed by atoms with Crippen LogP contribution >= 0.6 is 12.2 Å². The molecule has 172 valence electrons. The zero-order valence-electron chi connectivity index (χ0n) is 19.4. The standard InChI is InChI=1S/C27H27N5OS/c1-18(2)33-22-12-10-20(11-13-22)32-26(25(30-27(32)34)23-8-4-5-16-29-23)24-14-9-19(3)31(24)21-7-6-15-28-17-21/h4-18,25-26H,1-3H3,(H,30,34)/t25-,26-/m1/s1. The van der Waals surface area contributed by atoms with E-state index < -0.39 is 0 Å². The number of aryl methyl sites for hydroxylation is 1. The van der Waals surface area contributed by atoms with Crippen molar-refractivity contribution in [3.8, 4) is 11.4 Å². The highest BCUT2D eigenvalue weighted by Crippen LogP contribution is 2.43. The van der Waals surface area contributed by atoms with E-state index in [0.717, 1.165) is 34.2 Å². The van der Waals surface area contributed by atoms with Gasteiger partial charge in [-0.15, -0.1) is 0 Å². The molecule has 0 amide bonds. The minimum absolute atomic E-state index is 0.117. The molecule has 1 aromatic carbocycles. The van der Waals surface area contributed by atoms with Crippen molar-refractivity contribution in [2.24, 2.45) is 0 Å². The lowest BCUT2D eigenvalue weighted by atomic mass is 10.0. The van der Waals surface area contributed by atoms with E-state index >= 15 is 0 Å². The summed E-state index contributed by atoms with van der Waals surface area (Å²) in [6.07, 6.45) is 5.61. The molecule has 1 saturated heterocycles. The third-order valence-corrected chi connectivity index (χ3v) is 6.21. The fraction of sp³-hybridized carbons (Fsp3) is 0.222. The Kier molecular flexibility index (Phi) is 6.02. The molecule has 4 aromatic rings. The van der Waals surface area contributed by atoms with Crippen LogP contribution in [0.5, 0.6) is 5.75 Å². The van der Waals surface area contributed by atoms with Gasteiger partial charge in [0.1, 0.15) is 11.8 Å². The molecule has 6 nitrogen and oxygen atoms in total. The number of hydrogen-bond acceptors (Lipinski definition) is 4. The lowest BCUT2D eigenvalue weighted by Crippen LogP contribution is -2.30. The van der Waals surface area contributed by atoms with Crippen molar-refractivity contribution < 1.29 is 4.74 Å². The van der Waals surface area contributed by atoms with E-state index in [1.54, 1.807) is 6.20 Å². The average molecular weight is 470 g/mol. The number of nitrogens with one attached hydrogen (secondary N) is 1. The second kappa shape index (κ2) is 9.27. The SMILES string of the molecule is Cc1ccc([C@@H]2[C@@H](c3ccccn3)NC(=S)N2c2ccc(OC(C)C)cc2)n1-c1cccnc1. The van der Waals surface area contributed by atoms with Crippen molar-refractivity contribution in [3.05, 3.63) is 102 Å². The second-order valence-corrected chi connectivity index (χ2v) is 8.99. The summed E-state index contributed by atoms with van der Waals surface area (Å²) >= 11 is 5.88. The number of pyridine rings is 2. The Hall–Kier alpha value is -3.71. The molecule has 2 atom stereocenters. The van der Waals surface area contributed by atoms with Gasteiger partial charge in [0.05, 0.1) is 29.7 Å². The Balaban J connectivity index is 1.63. The number of rotatable bonds is 6.